The smallest absolute Gasteiger partial charge is 0.0815 e. The zero-order valence-corrected chi connectivity index (χ0v) is 11.4. The molecule has 0 aliphatic heterocycles. The van der Waals surface area contributed by atoms with E-state index in [-0.39, 0.29) is 0 Å². The Morgan fingerprint density at radius 3 is 2.89 bits per heavy atom. The largest absolute Gasteiger partial charge is 0.379 e. The highest BCUT2D eigenvalue weighted by Crippen LogP contribution is 2.12. The average molecular weight is 243 g/mol. The Labute approximate surface area is 109 Å². The third-order valence-corrected chi connectivity index (χ3v) is 3.20. The van der Waals surface area contributed by atoms with Gasteiger partial charge in [0.1, 0.15) is 0 Å². The molecule has 0 fully saturated rings. The van der Waals surface area contributed by atoms with Crippen molar-refractivity contribution in [3.05, 3.63) is 47.8 Å². The maximum Gasteiger partial charge on any atom is 0.0815 e. The lowest BCUT2D eigenvalue weighted by Crippen LogP contribution is -2.06. The van der Waals surface area contributed by atoms with Crippen LogP contribution in [0.1, 0.15) is 37.6 Å². The van der Waals surface area contributed by atoms with E-state index < -0.39 is 0 Å². The van der Waals surface area contributed by atoms with Crippen LogP contribution in [0.2, 0.25) is 0 Å². The number of aryl methyl sites for hydroxylation is 1. The van der Waals surface area contributed by atoms with Crippen LogP contribution in [0.25, 0.3) is 0 Å². The summed E-state index contributed by atoms with van der Waals surface area (Å²) >= 11 is 0. The minimum Gasteiger partial charge on any atom is -0.379 e. The molecular formula is C15H21N3. The monoisotopic (exact) mass is 243 g/mol. The summed E-state index contributed by atoms with van der Waals surface area (Å²) in [4.78, 5) is 0. The second kappa shape index (κ2) is 5.71. The first-order valence-electron chi connectivity index (χ1n) is 6.53. The number of rotatable bonds is 5. The lowest BCUT2D eigenvalue weighted by atomic mass is 10.2. The fourth-order valence-electron chi connectivity index (χ4n) is 1.85. The molecule has 1 aromatic heterocycles. The average Bonchev–Trinajstić information content (AvgIpc) is 2.84. The molecular weight excluding hydrogens is 222 g/mol. The molecule has 0 spiro atoms. The standard InChI is InChI=1S/C15H21N3/c1-4-13(3)18-9-8-15(17-18)11-16-14-7-5-6-12(2)10-14/h5-10,13,16H,4,11H2,1-3H3. The van der Waals surface area contributed by atoms with Crippen molar-refractivity contribution < 1.29 is 0 Å². The van der Waals surface area contributed by atoms with Gasteiger partial charge in [0.05, 0.1) is 12.2 Å². The summed E-state index contributed by atoms with van der Waals surface area (Å²) < 4.78 is 2.03. The molecule has 1 unspecified atom stereocenters. The molecule has 3 heteroatoms. The van der Waals surface area contributed by atoms with Gasteiger partial charge in [-0.05, 0) is 44.0 Å². The van der Waals surface area contributed by atoms with Gasteiger partial charge in [0, 0.05) is 17.9 Å². The van der Waals surface area contributed by atoms with E-state index in [4.69, 9.17) is 0 Å². The van der Waals surface area contributed by atoms with Crippen LogP contribution in [0, 0.1) is 6.92 Å². The van der Waals surface area contributed by atoms with E-state index in [1.165, 1.54) is 5.56 Å². The third kappa shape index (κ3) is 3.13. The fraction of sp³-hybridized carbons (Fsp3) is 0.400. The first-order valence-corrected chi connectivity index (χ1v) is 6.53. The first-order chi connectivity index (χ1) is 8.69. The van der Waals surface area contributed by atoms with Crippen molar-refractivity contribution >= 4 is 5.69 Å². The molecule has 18 heavy (non-hydrogen) atoms. The summed E-state index contributed by atoms with van der Waals surface area (Å²) in [6, 6.07) is 10.9. The molecule has 1 aromatic carbocycles. The summed E-state index contributed by atoms with van der Waals surface area (Å²) in [5.41, 5.74) is 3.50. The molecule has 96 valence electrons. The van der Waals surface area contributed by atoms with Crippen LogP contribution in [0.5, 0.6) is 0 Å². The Kier molecular flexibility index (Phi) is 4.03. The van der Waals surface area contributed by atoms with Gasteiger partial charge in [0.2, 0.25) is 0 Å². The number of benzene rings is 1. The summed E-state index contributed by atoms with van der Waals surface area (Å²) in [5.74, 6) is 0. The zero-order chi connectivity index (χ0) is 13.0. The van der Waals surface area contributed by atoms with Gasteiger partial charge in [-0.25, -0.2) is 0 Å². The van der Waals surface area contributed by atoms with Crippen LogP contribution < -0.4 is 5.32 Å². The summed E-state index contributed by atoms with van der Waals surface area (Å²) in [5, 5.41) is 7.97. The van der Waals surface area contributed by atoms with Gasteiger partial charge >= 0.3 is 0 Å². The summed E-state index contributed by atoms with van der Waals surface area (Å²) in [6.07, 6.45) is 3.16. The molecule has 0 radical (unpaired) electrons. The molecule has 0 saturated heterocycles. The topological polar surface area (TPSA) is 29.9 Å². The van der Waals surface area contributed by atoms with Crippen molar-refractivity contribution in [1.82, 2.24) is 9.78 Å². The van der Waals surface area contributed by atoms with Gasteiger partial charge in [0.25, 0.3) is 0 Å². The van der Waals surface area contributed by atoms with Crippen LogP contribution in [0.3, 0.4) is 0 Å². The highest BCUT2D eigenvalue weighted by molar-refractivity contribution is 5.45. The number of aromatic nitrogens is 2. The van der Waals surface area contributed by atoms with Crippen LogP contribution in [0.15, 0.2) is 36.5 Å². The second-order valence-corrected chi connectivity index (χ2v) is 4.77. The maximum atomic E-state index is 4.57. The zero-order valence-electron chi connectivity index (χ0n) is 11.4. The van der Waals surface area contributed by atoms with Crippen molar-refractivity contribution in [2.45, 2.75) is 39.8 Å². The van der Waals surface area contributed by atoms with E-state index >= 15 is 0 Å². The van der Waals surface area contributed by atoms with Crippen molar-refractivity contribution in [3.8, 4) is 0 Å². The highest BCUT2D eigenvalue weighted by atomic mass is 15.3. The van der Waals surface area contributed by atoms with E-state index in [0.29, 0.717) is 6.04 Å². The molecule has 3 nitrogen and oxygen atoms in total. The van der Waals surface area contributed by atoms with Gasteiger partial charge in [-0.15, -0.1) is 0 Å². The third-order valence-electron chi connectivity index (χ3n) is 3.20. The number of nitrogens with one attached hydrogen (secondary N) is 1. The van der Waals surface area contributed by atoms with Gasteiger partial charge in [0.15, 0.2) is 0 Å². The molecule has 2 rings (SSSR count). The van der Waals surface area contributed by atoms with Crippen molar-refractivity contribution in [3.63, 3.8) is 0 Å². The molecule has 0 bridgehead atoms. The van der Waals surface area contributed by atoms with E-state index in [0.717, 1.165) is 24.3 Å². The minimum atomic E-state index is 0.470. The number of hydrogen-bond acceptors (Lipinski definition) is 2. The SMILES string of the molecule is CCC(C)n1ccc(CNc2cccc(C)c2)n1. The molecule has 2 aromatic rings. The van der Waals surface area contributed by atoms with E-state index in [1.54, 1.807) is 0 Å². The van der Waals surface area contributed by atoms with Crippen LogP contribution in [0.4, 0.5) is 5.69 Å². The van der Waals surface area contributed by atoms with Crippen LogP contribution in [-0.2, 0) is 6.54 Å². The second-order valence-electron chi connectivity index (χ2n) is 4.77. The molecule has 0 aliphatic rings. The van der Waals surface area contributed by atoms with Gasteiger partial charge in [-0.2, -0.15) is 5.10 Å². The predicted molar refractivity (Wildman–Crippen MR) is 75.7 cm³/mol. The van der Waals surface area contributed by atoms with E-state index in [1.807, 2.05) is 4.68 Å². The molecule has 1 N–H and O–H groups in total. The van der Waals surface area contributed by atoms with Crippen LogP contribution >= 0.6 is 0 Å². The predicted octanol–water partition coefficient (Wildman–Crippen LogP) is 3.77. The summed E-state index contributed by atoms with van der Waals surface area (Å²) in [7, 11) is 0. The Hall–Kier alpha value is -1.77. The number of nitrogens with zero attached hydrogens (tertiary/aromatic N) is 2. The number of hydrogen-bond donors (Lipinski definition) is 1. The Morgan fingerprint density at radius 2 is 2.17 bits per heavy atom. The summed E-state index contributed by atoms with van der Waals surface area (Å²) in [6.45, 7) is 7.23. The Balaban J connectivity index is 1.96. The van der Waals surface area contributed by atoms with Gasteiger partial charge < -0.3 is 5.32 Å². The van der Waals surface area contributed by atoms with Crippen molar-refractivity contribution in [2.24, 2.45) is 0 Å². The van der Waals surface area contributed by atoms with Crippen molar-refractivity contribution in [1.29, 1.82) is 0 Å². The van der Waals surface area contributed by atoms with Crippen molar-refractivity contribution in [2.75, 3.05) is 5.32 Å². The van der Waals surface area contributed by atoms with E-state index in [9.17, 15) is 0 Å². The van der Waals surface area contributed by atoms with Gasteiger partial charge in [-0.1, -0.05) is 19.1 Å². The molecule has 0 amide bonds. The lowest BCUT2D eigenvalue weighted by Gasteiger charge is -2.08. The van der Waals surface area contributed by atoms with Crippen LogP contribution in [-0.4, -0.2) is 9.78 Å². The minimum absolute atomic E-state index is 0.470. The van der Waals surface area contributed by atoms with E-state index in [2.05, 4.69) is 67.7 Å². The molecule has 0 aliphatic carbocycles. The first kappa shape index (κ1) is 12.7. The normalized spacial score (nSPS) is 12.4. The quantitative estimate of drug-likeness (QED) is 0.866. The lowest BCUT2D eigenvalue weighted by molar-refractivity contribution is 0.474. The van der Waals surface area contributed by atoms with Gasteiger partial charge in [-0.3, -0.25) is 4.68 Å². The number of anilines is 1. The molecule has 1 atom stereocenters. The maximum absolute atomic E-state index is 4.57. The fourth-order valence-corrected chi connectivity index (χ4v) is 1.85. The Bertz CT molecular complexity index is 502. The molecule has 0 saturated carbocycles. The highest BCUT2D eigenvalue weighted by Gasteiger charge is 2.04. The Morgan fingerprint density at radius 1 is 1.33 bits per heavy atom. The molecule has 1 heterocycles.